The van der Waals surface area contributed by atoms with Crippen molar-refractivity contribution in [1.29, 1.82) is 0 Å². The average molecular weight is 212 g/mol. The Morgan fingerprint density at radius 2 is 2.00 bits per heavy atom. The Hall–Kier alpha value is -0.340. The first-order valence-electron chi connectivity index (χ1n) is 3.76. The second kappa shape index (κ2) is 2.61. The molecule has 0 saturated carbocycles. The molecule has 11 heavy (non-hydrogen) atoms. The molecule has 1 heterocycles. The first kappa shape index (κ1) is 7.32. The smallest absolute Gasteiger partial charge is 0.0223 e. The Morgan fingerprint density at radius 3 is 2.73 bits per heavy atom. The van der Waals surface area contributed by atoms with Gasteiger partial charge in [-0.05, 0) is 29.7 Å². The highest BCUT2D eigenvalue weighted by atomic mass is 79.9. The summed E-state index contributed by atoms with van der Waals surface area (Å²) in [5, 5.41) is 3.34. The van der Waals surface area contributed by atoms with Crippen LogP contribution in [0.25, 0.3) is 0 Å². The molecule has 1 aliphatic rings. The minimum Gasteiger partial charge on any atom is -0.309 e. The Balaban J connectivity index is 2.64. The molecular formula is C9H10BrN. The third-order valence-corrected chi connectivity index (χ3v) is 2.95. The largest absolute Gasteiger partial charge is 0.309 e. The van der Waals surface area contributed by atoms with Gasteiger partial charge in [-0.25, -0.2) is 0 Å². The maximum Gasteiger partial charge on any atom is 0.0223 e. The van der Waals surface area contributed by atoms with Gasteiger partial charge < -0.3 is 5.32 Å². The molecule has 0 atom stereocenters. The number of aryl methyl sites for hydroxylation is 1. The van der Waals surface area contributed by atoms with Gasteiger partial charge in [-0.2, -0.15) is 0 Å². The quantitative estimate of drug-likeness (QED) is 0.696. The highest BCUT2D eigenvalue weighted by Crippen LogP contribution is 2.26. The average Bonchev–Trinajstić information content (AvgIpc) is 2.45. The van der Waals surface area contributed by atoms with E-state index in [0.29, 0.717) is 0 Å². The third-order valence-electron chi connectivity index (χ3n) is 2.21. The fourth-order valence-corrected chi connectivity index (χ4v) is 2.04. The standard InChI is InChI=1S/C9H10BrN/c1-6-2-3-9(10)8-5-11-4-7(6)8/h2-3,11H,4-5H2,1H3. The molecule has 1 aromatic rings. The number of hydrogen-bond donors (Lipinski definition) is 1. The summed E-state index contributed by atoms with van der Waals surface area (Å²) in [6, 6.07) is 4.29. The molecule has 58 valence electrons. The number of nitrogens with one attached hydrogen (secondary N) is 1. The SMILES string of the molecule is Cc1ccc(Br)c2c1CNC2. The lowest BCUT2D eigenvalue weighted by Crippen LogP contribution is -2.00. The summed E-state index contributed by atoms with van der Waals surface area (Å²) in [7, 11) is 0. The zero-order valence-corrected chi connectivity index (χ0v) is 8.03. The summed E-state index contributed by atoms with van der Waals surface area (Å²) in [5.74, 6) is 0. The molecule has 0 spiro atoms. The van der Waals surface area contributed by atoms with E-state index in [-0.39, 0.29) is 0 Å². The van der Waals surface area contributed by atoms with Crippen molar-refractivity contribution >= 4 is 15.9 Å². The third kappa shape index (κ3) is 1.10. The second-order valence-electron chi connectivity index (χ2n) is 2.92. The van der Waals surface area contributed by atoms with Crippen LogP contribution >= 0.6 is 15.9 Å². The van der Waals surface area contributed by atoms with Gasteiger partial charge in [-0.1, -0.05) is 22.0 Å². The van der Waals surface area contributed by atoms with Gasteiger partial charge >= 0.3 is 0 Å². The van der Waals surface area contributed by atoms with Crippen molar-refractivity contribution in [3.8, 4) is 0 Å². The van der Waals surface area contributed by atoms with Crippen LogP contribution in [0.3, 0.4) is 0 Å². The number of halogens is 1. The minimum atomic E-state index is 1.01. The maximum absolute atomic E-state index is 3.54. The molecule has 2 rings (SSSR count). The molecular weight excluding hydrogens is 202 g/mol. The Kier molecular flexibility index (Phi) is 1.74. The lowest BCUT2D eigenvalue weighted by molar-refractivity contribution is 0.762. The topological polar surface area (TPSA) is 12.0 Å². The van der Waals surface area contributed by atoms with Crippen molar-refractivity contribution < 1.29 is 0 Å². The predicted molar refractivity (Wildman–Crippen MR) is 49.4 cm³/mol. The van der Waals surface area contributed by atoms with Crippen LogP contribution in [-0.2, 0) is 13.1 Å². The van der Waals surface area contributed by atoms with Gasteiger partial charge in [0.2, 0.25) is 0 Å². The van der Waals surface area contributed by atoms with E-state index in [0.717, 1.165) is 13.1 Å². The Morgan fingerprint density at radius 1 is 1.27 bits per heavy atom. The first-order valence-corrected chi connectivity index (χ1v) is 4.56. The Labute approximate surface area is 74.9 Å². The van der Waals surface area contributed by atoms with Gasteiger partial charge in [-0.3, -0.25) is 0 Å². The van der Waals surface area contributed by atoms with Crippen molar-refractivity contribution in [2.24, 2.45) is 0 Å². The fraction of sp³-hybridized carbons (Fsp3) is 0.333. The van der Waals surface area contributed by atoms with E-state index < -0.39 is 0 Å². The zero-order chi connectivity index (χ0) is 7.84. The van der Waals surface area contributed by atoms with Crippen LogP contribution in [0.4, 0.5) is 0 Å². The van der Waals surface area contributed by atoms with Crippen molar-refractivity contribution in [3.63, 3.8) is 0 Å². The van der Waals surface area contributed by atoms with Crippen molar-refractivity contribution in [2.75, 3.05) is 0 Å². The molecule has 1 aromatic carbocycles. The van der Waals surface area contributed by atoms with Crippen LogP contribution in [0.15, 0.2) is 16.6 Å². The van der Waals surface area contributed by atoms with Gasteiger partial charge in [0, 0.05) is 17.6 Å². The molecule has 1 N–H and O–H groups in total. The lowest BCUT2D eigenvalue weighted by atomic mass is 10.1. The van der Waals surface area contributed by atoms with Crippen LogP contribution < -0.4 is 5.32 Å². The summed E-state index contributed by atoms with van der Waals surface area (Å²) in [6.45, 7) is 4.20. The lowest BCUT2D eigenvalue weighted by Gasteiger charge is -2.03. The highest BCUT2D eigenvalue weighted by molar-refractivity contribution is 9.10. The van der Waals surface area contributed by atoms with Crippen LogP contribution in [0, 0.1) is 6.92 Å². The van der Waals surface area contributed by atoms with E-state index in [4.69, 9.17) is 0 Å². The van der Waals surface area contributed by atoms with Crippen LogP contribution in [0.5, 0.6) is 0 Å². The number of rotatable bonds is 0. The molecule has 0 fully saturated rings. The molecule has 0 amide bonds. The highest BCUT2D eigenvalue weighted by Gasteiger charge is 2.14. The molecule has 0 aliphatic carbocycles. The minimum absolute atomic E-state index is 1.01. The van der Waals surface area contributed by atoms with E-state index in [1.54, 1.807) is 0 Å². The van der Waals surface area contributed by atoms with E-state index in [9.17, 15) is 0 Å². The second-order valence-corrected chi connectivity index (χ2v) is 3.78. The van der Waals surface area contributed by atoms with Crippen molar-refractivity contribution in [1.82, 2.24) is 5.32 Å². The van der Waals surface area contributed by atoms with E-state index >= 15 is 0 Å². The molecule has 0 saturated heterocycles. The van der Waals surface area contributed by atoms with E-state index in [1.165, 1.54) is 21.2 Å². The zero-order valence-electron chi connectivity index (χ0n) is 6.45. The van der Waals surface area contributed by atoms with Gasteiger partial charge in [0.15, 0.2) is 0 Å². The van der Waals surface area contributed by atoms with E-state index in [2.05, 4.69) is 40.3 Å². The predicted octanol–water partition coefficient (Wildman–Crippen LogP) is 2.36. The van der Waals surface area contributed by atoms with Crippen molar-refractivity contribution in [3.05, 3.63) is 33.3 Å². The number of benzene rings is 1. The molecule has 0 radical (unpaired) electrons. The van der Waals surface area contributed by atoms with E-state index in [1.807, 2.05) is 0 Å². The summed E-state index contributed by atoms with van der Waals surface area (Å²) < 4.78 is 1.24. The first-order chi connectivity index (χ1) is 5.29. The fourth-order valence-electron chi connectivity index (χ4n) is 1.53. The normalized spacial score (nSPS) is 15.1. The maximum atomic E-state index is 3.54. The van der Waals surface area contributed by atoms with Crippen LogP contribution in [0.2, 0.25) is 0 Å². The van der Waals surface area contributed by atoms with Gasteiger partial charge in [0.1, 0.15) is 0 Å². The van der Waals surface area contributed by atoms with Gasteiger partial charge in [0.05, 0.1) is 0 Å². The summed E-state index contributed by atoms with van der Waals surface area (Å²) in [4.78, 5) is 0. The molecule has 2 heteroatoms. The van der Waals surface area contributed by atoms with Crippen molar-refractivity contribution in [2.45, 2.75) is 20.0 Å². The Bertz CT molecular complexity index is 265. The monoisotopic (exact) mass is 211 g/mol. The summed E-state index contributed by atoms with van der Waals surface area (Å²) in [6.07, 6.45) is 0. The van der Waals surface area contributed by atoms with Crippen LogP contribution in [-0.4, -0.2) is 0 Å². The molecule has 0 unspecified atom stereocenters. The summed E-state index contributed by atoms with van der Waals surface area (Å²) in [5.41, 5.74) is 4.30. The number of hydrogen-bond acceptors (Lipinski definition) is 1. The summed E-state index contributed by atoms with van der Waals surface area (Å²) >= 11 is 3.54. The van der Waals surface area contributed by atoms with Gasteiger partial charge in [0.25, 0.3) is 0 Å². The van der Waals surface area contributed by atoms with Crippen LogP contribution in [0.1, 0.15) is 16.7 Å². The molecule has 0 aromatic heterocycles. The molecule has 1 nitrogen and oxygen atoms in total. The number of fused-ring (bicyclic) bond motifs is 1. The molecule has 0 bridgehead atoms. The van der Waals surface area contributed by atoms with Gasteiger partial charge in [-0.15, -0.1) is 0 Å². The molecule has 1 aliphatic heterocycles.